The molecule has 2 aromatic rings. The van der Waals surface area contributed by atoms with E-state index in [0.717, 1.165) is 32.0 Å². The lowest BCUT2D eigenvalue weighted by molar-refractivity contribution is -0.134. The smallest absolute Gasteiger partial charge is 0.242 e. The molecule has 4 heterocycles. The van der Waals surface area contributed by atoms with Gasteiger partial charge in [-0.3, -0.25) is 14.7 Å². The first kappa shape index (κ1) is 17.2. The highest BCUT2D eigenvalue weighted by atomic mass is 16.5. The van der Waals surface area contributed by atoms with Gasteiger partial charge < -0.3 is 14.2 Å². The first-order chi connectivity index (χ1) is 12.7. The molecule has 0 radical (unpaired) electrons. The monoisotopic (exact) mass is 355 g/mol. The van der Waals surface area contributed by atoms with Gasteiger partial charge in [-0.1, -0.05) is 6.07 Å². The molecule has 138 valence electrons. The Kier molecular flexibility index (Phi) is 4.99. The Labute approximate surface area is 153 Å². The van der Waals surface area contributed by atoms with Crippen LogP contribution in [0.4, 0.5) is 0 Å². The van der Waals surface area contributed by atoms with Crippen LogP contribution >= 0.6 is 0 Å². The Morgan fingerprint density at radius 3 is 2.96 bits per heavy atom. The van der Waals surface area contributed by atoms with E-state index in [1.807, 2.05) is 34.9 Å². The Bertz CT molecular complexity index is 747. The molecule has 1 amide bonds. The number of nitrogens with zero attached hydrogens (tertiary/aromatic N) is 5. The fourth-order valence-electron chi connectivity index (χ4n) is 3.93. The van der Waals surface area contributed by atoms with E-state index in [9.17, 15) is 4.79 Å². The van der Waals surface area contributed by atoms with Crippen LogP contribution < -0.4 is 0 Å². The summed E-state index contributed by atoms with van der Waals surface area (Å²) in [5, 5.41) is 0. The van der Waals surface area contributed by atoms with E-state index >= 15 is 0 Å². The van der Waals surface area contributed by atoms with Gasteiger partial charge in [0, 0.05) is 56.9 Å². The number of aryl methyl sites for hydroxylation is 1. The summed E-state index contributed by atoms with van der Waals surface area (Å²) in [6, 6.07) is 4.17. The van der Waals surface area contributed by atoms with Gasteiger partial charge in [0.2, 0.25) is 5.91 Å². The number of rotatable bonds is 4. The zero-order chi connectivity index (χ0) is 17.9. The lowest BCUT2D eigenvalue weighted by Gasteiger charge is -2.31. The average Bonchev–Trinajstić information content (AvgIpc) is 2.82. The van der Waals surface area contributed by atoms with E-state index in [0.29, 0.717) is 25.7 Å². The second-order valence-electron chi connectivity index (χ2n) is 7.26. The molecule has 2 fully saturated rings. The molecule has 7 nitrogen and oxygen atoms in total. The molecular formula is C19H25N5O2. The first-order valence-electron chi connectivity index (χ1n) is 9.15. The van der Waals surface area contributed by atoms with Crippen molar-refractivity contribution in [2.75, 3.05) is 32.8 Å². The van der Waals surface area contributed by atoms with Gasteiger partial charge >= 0.3 is 0 Å². The maximum atomic E-state index is 13.0. The van der Waals surface area contributed by atoms with Gasteiger partial charge in [0.15, 0.2) is 0 Å². The van der Waals surface area contributed by atoms with Gasteiger partial charge in [-0.15, -0.1) is 0 Å². The molecular weight excluding hydrogens is 330 g/mol. The maximum Gasteiger partial charge on any atom is 0.242 e. The van der Waals surface area contributed by atoms with Gasteiger partial charge in [0.05, 0.1) is 19.3 Å². The van der Waals surface area contributed by atoms with Gasteiger partial charge in [0.1, 0.15) is 12.4 Å². The Morgan fingerprint density at radius 1 is 1.27 bits per heavy atom. The topological polar surface area (TPSA) is 63.5 Å². The average molecular weight is 355 g/mol. The van der Waals surface area contributed by atoms with Crippen LogP contribution in [0.1, 0.15) is 11.4 Å². The summed E-state index contributed by atoms with van der Waals surface area (Å²) in [5.41, 5.74) is 1.21. The number of carbonyl (C=O) groups is 1. The highest BCUT2D eigenvalue weighted by Crippen LogP contribution is 2.21. The van der Waals surface area contributed by atoms with Crippen molar-refractivity contribution in [2.24, 2.45) is 5.92 Å². The first-order valence-corrected chi connectivity index (χ1v) is 9.15. The van der Waals surface area contributed by atoms with Crippen molar-refractivity contribution in [3.05, 3.63) is 48.3 Å². The van der Waals surface area contributed by atoms with Crippen molar-refractivity contribution >= 4 is 5.91 Å². The lowest BCUT2D eigenvalue weighted by Crippen LogP contribution is -2.47. The fourth-order valence-corrected chi connectivity index (χ4v) is 3.93. The van der Waals surface area contributed by atoms with Gasteiger partial charge in [-0.2, -0.15) is 0 Å². The largest absolute Gasteiger partial charge is 0.379 e. The Balaban J connectivity index is 1.47. The molecule has 0 spiro atoms. The number of amides is 1. The van der Waals surface area contributed by atoms with Gasteiger partial charge in [0.25, 0.3) is 0 Å². The van der Waals surface area contributed by atoms with Crippen LogP contribution in [0.2, 0.25) is 0 Å². The summed E-state index contributed by atoms with van der Waals surface area (Å²) in [5.74, 6) is 1.35. The lowest BCUT2D eigenvalue weighted by atomic mass is 10.1. The zero-order valence-corrected chi connectivity index (χ0v) is 15.1. The van der Waals surface area contributed by atoms with E-state index < -0.39 is 0 Å². The van der Waals surface area contributed by atoms with E-state index in [1.54, 1.807) is 12.4 Å². The Morgan fingerprint density at radius 2 is 2.19 bits per heavy atom. The number of hydrogen-bond donors (Lipinski definition) is 0. The minimum Gasteiger partial charge on any atom is -0.379 e. The molecule has 0 aliphatic carbocycles. The number of pyridine rings is 1. The van der Waals surface area contributed by atoms with Gasteiger partial charge in [-0.25, -0.2) is 4.98 Å². The molecule has 2 bridgehead atoms. The second-order valence-corrected chi connectivity index (χ2v) is 7.26. The van der Waals surface area contributed by atoms with Crippen molar-refractivity contribution in [2.45, 2.75) is 26.1 Å². The maximum absolute atomic E-state index is 13.0. The summed E-state index contributed by atoms with van der Waals surface area (Å²) in [4.78, 5) is 25.9. The third-order valence-electron chi connectivity index (χ3n) is 5.22. The molecule has 2 aromatic heterocycles. The number of carbonyl (C=O) groups excluding carboxylic acids is 1. The van der Waals surface area contributed by atoms with E-state index in [2.05, 4.69) is 20.9 Å². The van der Waals surface area contributed by atoms with Crippen LogP contribution in [0.15, 0.2) is 36.9 Å². The molecule has 0 N–H and O–H groups in total. The molecule has 4 rings (SSSR count). The number of imidazole rings is 1. The fraction of sp³-hybridized carbons (Fsp3) is 0.526. The molecule has 2 aliphatic rings. The number of hydrogen-bond acceptors (Lipinski definition) is 5. The third-order valence-corrected chi connectivity index (χ3v) is 5.22. The summed E-state index contributed by atoms with van der Waals surface area (Å²) < 4.78 is 7.76. The summed E-state index contributed by atoms with van der Waals surface area (Å²) in [7, 11) is 0. The van der Waals surface area contributed by atoms with Crippen LogP contribution in [0.5, 0.6) is 0 Å². The van der Waals surface area contributed by atoms with Crippen LogP contribution in [-0.4, -0.2) is 69.1 Å². The molecule has 0 aromatic carbocycles. The third kappa shape index (κ3) is 3.78. The van der Waals surface area contributed by atoms with Crippen LogP contribution in [0, 0.1) is 12.8 Å². The zero-order valence-electron chi connectivity index (χ0n) is 15.1. The highest BCUT2D eigenvalue weighted by Gasteiger charge is 2.35. The molecule has 7 heteroatoms. The summed E-state index contributed by atoms with van der Waals surface area (Å²) >= 11 is 0. The van der Waals surface area contributed by atoms with Crippen LogP contribution in [0.25, 0.3) is 0 Å². The summed E-state index contributed by atoms with van der Waals surface area (Å²) in [6.07, 6.45) is 7.32. The SMILES string of the molecule is Cc1nccn1CC(=O)N1C[C@H]2COC[C@@H]1CN(Cc1cccnc1)C2. The van der Waals surface area contributed by atoms with E-state index in [-0.39, 0.29) is 11.9 Å². The predicted molar refractivity (Wildman–Crippen MR) is 96.3 cm³/mol. The van der Waals surface area contributed by atoms with Crippen molar-refractivity contribution in [1.29, 1.82) is 0 Å². The van der Waals surface area contributed by atoms with Gasteiger partial charge in [-0.05, 0) is 18.6 Å². The van der Waals surface area contributed by atoms with Crippen LogP contribution in [-0.2, 0) is 22.6 Å². The van der Waals surface area contributed by atoms with Crippen molar-refractivity contribution < 1.29 is 9.53 Å². The molecule has 2 saturated heterocycles. The minimum atomic E-state index is 0.0931. The van der Waals surface area contributed by atoms with Crippen molar-refractivity contribution in [3.63, 3.8) is 0 Å². The standard InChI is InChI=1S/C19H25N5O2/c1-15-21-5-6-23(15)12-19(25)24-10-17-9-22(11-18(24)14-26-13-17)8-16-3-2-4-20-7-16/h2-7,17-18H,8-14H2,1H3/t17-,18-/m0/s1. The summed E-state index contributed by atoms with van der Waals surface area (Å²) in [6.45, 7) is 7.00. The Hall–Kier alpha value is -2.25. The quantitative estimate of drug-likeness (QED) is 0.817. The van der Waals surface area contributed by atoms with Crippen molar-refractivity contribution in [1.82, 2.24) is 24.3 Å². The molecule has 0 unspecified atom stereocenters. The number of ether oxygens (including phenoxy) is 1. The molecule has 26 heavy (non-hydrogen) atoms. The van der Waals surface area contributed by atoms with Crippen molar-refractivity contribution in [3.8, 4) is 0 Å². The normalized spacial score (nSPS) is 23.7. The number of aromatic nitrogens is 3. The van der Waals surface area contributed by atoms with E-state index in [4.69, 9.17) is 4.74 Å². The minimum absolute atomic E-state index is 0.0931. The molecule has 0 saturated carbocycles. The van der Waals surface area contributed by atoms with Crippen LogP contribution in [0.3, 0.4) is 0 Å². The van der Waals surface area contributed by atoms with E-state index in [1.165, 1.54) is 5.56 Å². The molecule has 2 atom stereocenters. The highest BCUT2D eigenvalue weighted by molar-refractivity contribution is 5.76. The molecule has 2 aliphatic heterocycles. The predicted octanol–water partition coefficient (Wildman–Crippen LogP) is 0.946. The second kappa shape index (κ2) is 7.55. The number of fused-ring (bicyclic) bond motifs is 3.